The molecule has 2 atom stereocenters. The highest BCUT2D eigenvalue weighted by atomic mass is 16.5. The molecule has 0 aliphatic carbocycles. The standard InChI is InChI=1S/C15H23NO/c1-6-12-13(16)11-8-10(15(3,4)5)7-9(2)14(11)17-12/h7-8,12-13H,6,16H2,1-5H3. The van der Waals surface area contributed by atoms with Crippen LogP contribution in [0.3, 0.4) is 0 Å². The second-order valence-corrected chi connectivity index (χ2v) is 6.05. The van der Waals surface area contributed by atoms with Crippen molar-refractivity contribution in [1.82, 2.24) is 0 Å². The first kappa shape index (κ1) is 12.4. The Bertz CT molecular complexity index is 431. The van der Waals surface area contributed by atoms with E-state index in [1.54, 1.807) is 0 Å². The summed E-state index contributed by atoms with van der Waals surface area (Å²) in [4.78, 5) is 0. The molecule has 0 radical (unpaired) electrons. The summed E-state index contributed by atoms with van der Waals surface area (Å²) in [5.74, 6) is 1.01. The van der Waals surface area contributed by atoms with Crippen molar-refractivity contribution < 1.29 is 4.74 Å². The maximum absolute atomic E-state index is 6.26. The van der Waals surface area contributed by atoms with E-state index in [-0.39, 0.29) is 17.6 Å². The van der Waals surface area contributed by atoms with Gasteiger partial charge in [0.1, 0.15) is 11.9 Å². The summed E-state index contributed by atoms with van der Waals surface area (Å²) in [7, 11) is 0. The van der Waals surface area contributed by atoms with Crippen LogP contribution < -0.4 is 10.5 Å². The molecule has 1 aliphatic rings. The quantitative estimate of drug-likeness (QED) is 0.806. The Kier molecular flexibility index (Phi) is 2.94. The van der Waals surface area contributed by atoms with Crippen molar-refractivity contribution in [2.75, 3.05) is 0 Å². The van der Waals surface area contributed by atoms with Gasteiger partial charge in [0.25, 0.3) is 0 Å². The van der Waals surface area contributed by atoms with Gasteiger partial charge in [-0.05, 0) is 36.0 Å². The molecule has 0 aromatic heterocycles. The van der Waals surface area contributed by atoms with Gasteiger partial charge in [0.15, 0.2) is 0 Å². The van der Waals surface area contributed by atoms with Gasteiger partial charge in [-0.15, -0.1) is 0 Å². The summed E-state index contributed by atoms with van der Waals surface area (Å²) < 4.78 is 5.94. The summed E-state index contributed by atoms with van der Waals surface area (Å²) in [6.45, 7) is 10.9. The van der Waals surface area contributed by atoms with Crippen LogP contribution in [0.25, 0.3) is 0 Å². The largest absolute Gasteiger partial charge is 0.488 e. The van der Waals surface area contributed by atoms with Gasteiger partial charge in [-0.1, -0.05) is 33.8 Å². The van der Waals surface area contributed by atoms with Gasteiger partial charge in [-0.3, -0.25) is 0 Å². The van der Waals surface area contributed by atoms with Crippen molar-refractivity contribution in [3.63, 3.8) is 0 Å². The topological polar surface area (TPSA) is 35.2 Å². The molecule has 1 heterocycles. The number of rotatable bonds is 1. The molecule has 2 unspecified atom stereocenters. The van der Waals surface area contributed by atoms with E-state index >= 15 is 0 Å². The van der Waals surface area contributed by atoms with Gasteiger partial charge < -0.3 is 10.5 Å². The highest BCUT2D eigenvalue weighted by molar-refractivity contribution is 5.50. The molecule has 0 fully saturated rings. The zero-order chi connectivity index (χ0) is 12.8. The van der Waals surface area contributed by atoms with Crippen LogP contribution in [0.15, 0.2) is 12.1 Å². The van der Waals surface area contributed by atoms with E-state index in [4.69, 9.17) is 10.5 Å². The van der Waals surface area contributed by atoms with E-state index in [1.165, 1.54) is 16.7 Å². The lowest BCUT2D eigenvalue weighted by Crippen LogP contribution is -2.24. The minimum Gasteiger partial charge on any atom is -0.488 e. The van der Waals surface area contributed by atoms with Crippen molar-refractivity contribution >= 4 is 0 Å². The molecule has 1 aromatic rings. The van der Waals surface area contributed by atoms with Crippen LogP contribution in [0.2, 0.25) is 0 Å². The van der Waals surface area contributed by atoms with Gasteiger partial charge >= 0.3 is 0 Å². The van der Waals surface area contributed by atoms with E-state index in [0.717, 1.165) is 12.2 Å². The lowest BCUT2D eigenvalue weighted by Gasteiger charge is -2.21. The SMILES string of the molecule is CCC1Oc2c(C)cc(C(C)(C)C)cc2C1N. The van der Waals surface area contributed by atoms with Gasteiger partial charge in [0.2, 0.25) is 0 Å². The first-order chi connectivity index (χ1) is 7.84. The number of benzene rings is 1. The summed E-state index contributed by atoms with van der Waals surface area (Å²) >= 11 is 0. The van der Waals surface area contributed by atoms with Crippen LogP contribution in [-0.4, -0.2) is 6.10 Å². The first-order valence-corrected chi connectivity index (χ1v) is 6.42. The Morgan fingerprint density at radius 3 is 2.47 bits per heavy atom. The average molecular weight is 233 g/mol. The van der Waals surface area contributed by atoms with Crippen LogP contribution in [0.4, 0.5) is 0 Å². The highest BCUT2D eigenvalue weighted by Crippen LogP contribution is 2.41. The number of fused-ring (bicyclic) bond motifs is 1. The fourth-order valence-corrected chi connectivity index (χ4v) is 2.41. The summed E-state index contributed by atoms with van der Waals surface area (Å²) in [5, 5.41) is 0. The Hall–Kier alpha value is -1.02. The molecule has 94 valence electrons. The first-order valence-electron chi connectivity index (χ1n) is 6.42. The van der Waals surface area contributed by atoms with Gasteiger partial charge in [-0.25, -0.2) is 0 Å². The van der Waals surface area contributed by atoms with Crippen LogP contribution in [-0.2, 0) is 5.41 Å². The molecule has 0 saturated carbocycles. The highest BCUT2D eigenvalue weighted by Gasteiger charge is 2.32. The van der Waals surface area contributed by atoms with Crippen LogP contribution in [0.1, 0.15) is 56.8 Å². The van der Waals surface area contributed by atoms with E-state index in [9.17, 15) is 0 Å². The van der Waals surface area contributed by atoms with Crippen molar-refractivity contribution in [3.8, 4) is 5.75 Å². The summed E-state index contributed by atoms with van der Waals surface area (Å²) in [6, 6.07) is 4.47. The predicted molar refractivity (Wildman–Crippen MR) is 71.5 cm³/mol. The minimum atomic E-state index is 0.0241. The second kappa shape index (κ2) is 4.02. The predicted octanol–water partition coefficient (Wildman–Crippen LogP) is 3.46. The Morgan fingerprint density at radius 1 is 1.29 bits per heavy atom. The molecular formula is C15H23NO. The third-order valence-corrected chi connectivity index (χ3v) is 3.60. The van der Waals surface area contributed by atoms with Crippen LogP contribution in [0, 0.1) is 6.92 Å². The van der Waals surface area contributed by atoms with E-state index in [0.29, 0.717) is 0 Å². The molecule has 2 heteroatoms. The van der Waals surface area contributed by atoms with Crippen LogP contribution in [0.5, 0.6) is 5.75 Å². The van der Waals surface area contributed by atoms with Crippen molar-refractivity contribution in [1.29, 1.82) is 0 Å². The number of ether oxygens (including phenoxy) is 1. The average Bonchev–Trinajstić information content (AvgIpc) is 2.55. The number of hydrogen-bond donors (Lipinski definition) is 1. The van der Waals surface area contributed by atoms with Crippen LogP contribution >= 0.6 is 0 Å². The van der Waals surface area contributed by atoms with Crippen molar-refractivity contribution in [2.24, 2.45) is 5.73 Å². The lowest BCUT2D eigenvalue weighted by atomic mass is 9.84. The smallest absolute Gasteiger partial charge is 0.127 e. The Labute approximate surface area is 104 Å². The third-order valence-electron chi connectivity index (χ3n) is 3.60. The maximum Gasteiger partial charge on any atom is 0.127 e. The monoisotopic (exact) mass is 233 g/mol. The van der Waals surface area contributed by atoms with Gasteiger partial charge in [-0.2, -0.15) is 0 Å². The second-order valence-electron chi connectivity index (χ2n) is 6.05. The molecule has 0 bridgehead atoms. The molecule has 2 nitrogen and oxygen atoms in total. The molecule has 1 aliphatic heterocycles. The molecule has 2 N–H and O–H groups in total. The fraction of sp³-hybridized carbons (Fsp3) is 0.600. The molecule has 17 heavy (non-hydrogen) atoms. The number of aryl methyl sites for hydroxylation is 1. The zero-order valence-corrected chi connectivity index (χ0v) is 11.5. The molecule has 2 rings (SSSR count). The van der Waals surface area contributed by atoms with Crippen molar-refractivity contribution in [3.05, 3.63) is 28.8 Å². The lowest BCUT2D eigenvalue weighted by molar-refractivity contribution is 0.201. The van der Waals surface area contributed by atoms with E-state index in [2.05, 4.69) is 46.8 Å². The molecule has 0 saturated heterocycles. The fourth-order valence-electron chi connectivity index (χ4n) is 2.41. The van der Waals surface area contributed by atoms with Crippen molar-refractivity contribution in [2.45, 2.75) is 58.6 Å². The zero-order valence-electron chi connectivity index (χ0n) is 11.5. The Morgan fingerprint density at radius 2 is 1.94 bits per heavy atom. The normalized spacial score (nSPS) is 23.4. The van der Waals surface area contributed by atoms with Gasteiger partial charge in [0.05, 0.1) is 6.04 Å². The third kappa shape index (κ3) is 2.06. The summed E-state index contributed by atoms with van der Waals surface area (Å²) in [6.07, 6.45) is 1.10. The number of hydrogen-bond acceptors (Lipinski definition) is 2. The molecular weight excluding hydrogens is 210 g/mol. The van der Waals surface area contributed by atoms with E-state index < -0.39 is 0 Å². The molecule has 1 aromatic carbocycles. The maximum atomic E-state index is 6.26. The minimum absolute atomic E-state index is 0.0241. The molecule has 0 amide bonds. The number of nitrogens with two attached hydrogens (primary N) is 1. The van der Waals surface area contributed by atoms with Gasteiger partial charge in [0, 0.05) is 5.56 Å². The summed E-state index contributed by atoms with van der Waals surface area (Å²) in [5.41, 5.74) is 10.1. The molecule has 0 spiro atoms. The Balaban J connectivity index is 2.50. The van der Waals surface area contributed by atoms with E-state index in [1.807, 2.05) is 0 Å².